The summed E-state index contributed by atoms with van der Waals surface area (Å²) in [5.74, 6) is -0.485. The summed E-state index contributed by atoms with van der Waals surface area (Å²) >= 11 is 13.4. The van der Waals surface area contributed by atoms with E-state index in [1.165, 1.54) is 29.9 Å². The highest BCUT2D eigenvalue weighted by molar-refractivity contribution is 7.07. The Kier molecular flexibility index (Phi) is 8.64. The first-order chi connectivity index (χ1) is 18.5. The van der Waals surface area contributed by atoms with E-state index in [1.54, 1.807) is 49.4 Å². The summed E-state index contributed by atoms with van der Waals surface area (Å²) in [5.41, 5.74) is 1.55. The lowest BCUT2D eigenvalue weighted by Gasteiger charge is -2.25. The summed E-state index contributed by atoms with van der Waals surface area (Å²) in [7, 11) is 1.44. The number of allylic oxidation sites excluding steroid dienone is 1. The molecule has 0 N–H and O–H groups in total. The molecule has 0 unspecified atom stereocenters. The van der Waals surface area contributed by atoms with Gasteiger partial charge in [0.1, 0.15) is 0 Å². The van der Waals surface area contributed by atoms with Crippen LogP contribution in [0.1, 0.15) is 44.9 Å². The van der Waals surface area contributed by atoms with Crippen LogP contribution in [0.4, 0.5) is 0 Å². The third kappa shape index (κ3) is 6.11. The maximum Gasteiger partial charge on any atom is 0.338 e. The fourth-order valence-electron chi connectivity index (χ4n) is 4.07. The van der Waals surface area contributed by atoms with Crippen LogP contribution in [-0.2, 0) is 14.3 Å². The zero-order valence-corrected chi connectivity index (χ0v) is 24.2. The Morgan fingerprint density at radius 2 is 1.87 bits per heavy atom. The van der Waals surface area contributed by atoms with E-state index in [1.807, 2.05) is 13.8 Å². The maximum atomic E-state index is 13.8. The van der Waals surface area contributed by atoms with Crippen molar-refractivity contribution in [2.75, 3.05) is 13.7 Å². The Balaban J connectivity index is 1.93. The van der Waals surface area contributed by atoms with E-state index in [0.717, 1.165) is 0 Å². The number of methoxy groups -OCH3 is 1. The van der Waals surface area contributed by atoms with Crippen molar-refractivity contribution in [3.8, 4) is 11.5 Å². The van der Waals surface area contributed by atoms with Gasteiger partial charge in [0.05, 0.1) is 45.6 Å². The summed E-state index contributed by atoms with van der Waals surface area (Å²) in [4.78, 5) is 43.7. The highest BCUT2D eigenvalue weighted by Gasteiger charge is 2.34. The standard InChI is InChI=1S/C28H26Cl2N2O6S/c1-14(2)13-37-27(35)24-15(3)31-28-32(25(24)18-7-9-21(38-16(4)33)22(12-18)36-5)26(34)23(39-28)11-17-6-8-19(29)20(30)10-17/h6-12,14,25H,13H2,1-5H3/b23-11+/t25-/m0/s1. The number of nitrogens with zero attached hydrogens (tertiary/aromatic N) is 2. The topological polar surface area (TPSA) is 96.2 Å². The fourth-order valence-corrected chi connectivity index (χ4v) is 5.42. The van der Waals surface area contributed by atoms with Crippen LogP contribution in [0.5, 0.6) is 11.5 Å². The van der Waals surface area contributed by atoms with Gasteiger partial charge in [0, 0.05) is 6.92 Å². The molecule has 0 fully saturated rings. The number of hydrogen-bond donors (Lipinski definition) is 0. The van der Waals surface area contributed by atoms with E-state index in [2.05, 4.69) is 4.99 Å². The maximum absolute atomic E-state index is 13.8. The first-order valence-corrected chi connectivity index (χ1v) is 13.6. The molecule has 204 valence electrons. The normalized spacial score (nSPS) is 15.2. The molecule has 11 heteroatoms. The second-order valence-corrected chi connectivity index (χ2v) is 11.1. The Morgan fingerprint density at radius 3 is 2.51 bits per heavy atom. The quantitative estimate of drug-likeness (QED) is 0.294. The number of ether oxygens (including phenoxy) is 3. The molecule has 0 radical (unpaired) electrons. The average molecular weight is 589 g/mol. The minimum Gasteiger partial charge on any atom is -0.493 e. The van der Waals surface area contributed by atoms with Crippen molar-refractivity contribution < 1.29 is 23.8 Å². The van der Waals surface area contributed by atoms with Gasteiger partial charge < -0.3 is 14.2 Å². The van der Waals surface area contributed by atoms with Gasteiger partial charge in [-0.05, 0) is 54.3 Å². The number of rotatable bonds is 7. The SMILES string of the molecule is COc1cc([C@H]2C(C(=O)OCC(C)C)=C(C)N=c3s/c(=C/c4ccc(Cl)c(Cl)c4)c(=O)n32)ccc1OC(C)=O. The van der Waals surface area contributed by atoms with Crippen LogP contribution >= 0.6 is 34.5 Å². The van der Waals surface area contributed by atoms with Crippen LogP contribution < -0.4 is 24.4 Å². The summed E-state index contributed by atoms with van der Waals surface area (Å²) in [5, 5.41) is 0.767. The highest BCUT2D eigenvalue weighted by atomic mass is 35.5. The van der Waals surface area contributed by atoms with E-state index >= 15 is 0 Å². The number of carbonyl (C=O) groups is 2. The molecule has 0 saturated carbocycles. The molecule has 2 aromatic carbocycles. The molecule has 0 saturated heterocycles. The van der Waals surface area contributed by atoms with Crippen LogP contribution in [-0.4, -0.2) is 30.2 Å². The highest BCUT2D eigenvalue weighted by Crippen LogP contribution is 2.36. The number of thiazole rings is 1. The van der Waals surface area contributed by atoms with Crippen LogP contribution in [0.3, 0.4) is 0 Å². The molecule has 4 rings (SSSR count). The Hall–Kier alpha value is -3.40. The Labute approximate surface area is 238 Å². The van der Waals surface area contributed by atoms with Crippen LogP contribution in [0.25, 0.3) is 6.08 Å². The smallest absolute Gasteiger partial charge is 0.338 e. The molecule has 0 aliphatic carbocycles. The van der Waals surface area contributed by atoms with E-state index in [9.17, 15) is 14.4 Å². The van der Waals surface area contributed by atoms with Crippen LogP contribution in [0.2, 0.25) is 10.0 Å². The molecule has 1 aliphatic rings. The third-order valence-corrected chi connectivity index (χ3v) is 7.51. The number of fused-ring (bicyclic) bond motifs is 1. The number of benzene rings is 2. The first kappa shape index (κ1) is 28.6. The number of hydrogen-bond acceptors (Lipinski definition) is 8. The third-order valence-electron chi connectivity index (χ3n) is 5.79. The van der Waals surface area contributed by atoms with E-state index < -0.39 is 18.0 Å². The van der Waals surface area contributed by atoms with Gasteiger partial charge in [0.2, 0.25) is 0 Å². The summed E-state index contributed by atoms with van der Waals surface area (Å²) in [6.07, 6.45) is 1.70. The minimum atomic E-state index is -0.864. The second-order valence-electron chi connectivity index (χ2n) is 9.25. The zero-order valence-electron chi connectivity index (χ0n) is 21.9. The molecule has 3 aromatic rings. The monoisotopic (exact) mass is 588 g/mol. The van der Waals surface area contributed by atoms with Crippen LogP contribution in [0.15, 0.2) is 57.5 Å². The van der Waals surface area contributed by atoms with E-state index in [0.29, 0.717) is 36.2 Å². The lowest BCUT2D eigenvalue weighted by Crippen LogP contribution is -2.40. The van der Waals surface area contributed by atoms with Gasteiger partial charge in [0.15, 0.2) is 16.3 Å². The van der Waals surface area contributed by atoms with Crippen LogP contribution in [0, 0.1) is 5.92 Å². The van der Waals surface area contributed by atoms with Gasteiger partial charge in [-0.25, -0.2) is 9.79 Å². The lowest BCUT2D eigenvalue weighted by atomic mass is 9.95. The zero-order chi connectivity index (χ0) is 28.4. The molecule has 1 aliphatic heterocycles. The summed E-state index contributed by atoms with van der Waals surface area (Å²) in [6.45, 7) is 7.07. The van der Waals surface area contributed by atoms with Gasteiger partial charge >= 0.3 is 11.9 Å². The van der Waals surface area contributed by atoms with Gasteiger partial charge in [0.25, 0.3) is 5.56 Å². The molecule has 39 heavy (non-hydrogen) atoms. The average Bonchev–Trinajstić information content (AvgIpc) is 3.18. The van der Waals surface area contributed by atoms with Gasteiger partial charge in [-0.2, -0.15) is 0 Å². The van der Waals surface area contributed by atoms with E-state index in [4.69, 9.17) is 37.4 Å². The molecule has 0 amide bonds. The van der Waals surface area contributed by atoms with Gasteiger partial charge in [-0.3, -0.25) is 14.2 Å². The second kappa shape index (κ2) is 11.8. The molecular formula is C28H26Cl2N2O6S. The van der Waals surface area contributed by atoms with Crippen molar-refractivity contribution in [3.63, 3.8) is 0 Å². The molecule has 0 spiro atoms. The van der Waals surface area contributed by atoms with Crippen molar-refractivity contribution in [1.29, 1.82) is 0 Å². The molecular weight excluding hydrogens is 563 g/mol. The van der Waals surface area contributed by atoms with Crippen molar-refractivity contribution in [2.45, 2.75) is 33.7 Å². The summed E-state index contributed by atoms with van der Waals surface area (Å²) in [6, 6.07) is 9.08. The predicted molar refractivity (Wildman–Crippen MR) is 150 cm³/mol. The number of halogens is 2. The van der Waals surface area contributed by atoms with Crippen molar-refractivity contribution in [3.05, 3.63) is 88.5 Å². The summed E-state index contributed by atoms with van der Waals surface area (Å²) < 4.78 is 18.1. The molecule has 2 heterocycles. The number of carbonyl (C=O) groups excluding carboxylic acids is 2. The van der Waals surface area contributed by atoms with Crippen molar-refractivity contribution in [2.24, 2.45) is 10.9 Å². The first-order valence-electron chi connectivity index (χ1n) is 12.0. The fraction of sp³-hybridized carbons (Fsp3) is 0.286. The van der Waals surface area contributed by atoms with Gasteiger partial charge in [-0.15, -0.1) is 0 Å². The molecule has 1 aromatic heterocycles. The number of esters is 2. The predicted octanol–water partition coefficient (Wildman–Crippen LogP) is 4.68. The Morgan fingerprint density at radius 1 is 1.13 bits per heavy atom. The largest absolute Gasteiger partial charge is 0.493 e. The van der Waals surface area contributed by atoms with Crippen molar-refractivity contribution >= 4 is 52.6 Å². The van der Waals surface area contributed by atoms with Gasteiger partial charge in [-0.1, -0.05) is 60.5 Å². The molecule has 8 nitrogen and oxygen atoms in total. The molecule has 1 atom stereocenters. The number of aromatic nitrogens is 1. The van der Waals surface area contributed by atoms with Crippen molar-refractivity contribution in [1.82, 2.24) is 4.57 Å². The van der Waals surface area contributed by atoms with E-state index in [-0.39, 0.29) is 35.2 Å². The lowest BCUT2D eigenvalue weighted by molar-refractivity contribution is -0.140. The Bertz CT molecular complexity index is 1670. The minimum absolute atomic E-state index is 0.115. The molecule has 0 bridgehead atoms.